The summed E-state index contributed by atoms with van der Waals surface area (Å²) in [6.07, 6.45) is 9.21. The first kappa shape index (κ1) is 22.6. The lowest BCUT2D eigenvalue weighted by atomic mass is 10.2. The van der Waals surface area contributed by atoms with Gasteiger partial charge in [-0.05, 0) is 36.1 Å². The number of nitrogen functional groups attached to an aromatic ring is 1. The van der Waals surface area contributed by atoms with Crippen molar-refractivity contribution >= 4 is 35.7 Å². The molecule has 0 aromatic carbocycles. The Bertz CT molecular complexity index is 1160. The average molecular weight is 465 g/mol. The minimum absolute atomic E-state index is 0.0986. The predicted octanol–water partition coefficient (Wildman–Crippen LogP) is 1.11. The first-order valence-corrected chi connectivity index (χ1v) is 10.8. The predicted molar refractivity (Wildman–Crippen MR) is 132 cm³/mol. The molecule has 0 unspecified atom stereocenters. The molecule has 0 aliphatic rings. The van der Waals surface area contributed by atoms with Crippen molar-refractivity contribution in [1.29, 1.82) is 0 Å². The van der Waals surface area contributed by atoms with Gasteiger partial charge in [-0.3, -0.25) is 10.4 Å². The first-order chi connectivity index (χ1) is 16.6. The molecule has 0 saturated carbocycles. The van der Waals surface area contributed by atoms with Gasteiger partial charge in [0, 0.05) is 52.0 Å². The summed E-state index contributed by atoms with van der Waals surface area (Å²) in [5, 5.41) is 10.8. The highest BCUT2D eigenvalue weighted by Gasteiger charge is 2.16. The van der Waals surface area contributed by atoms with Crippen molar-refractivity contribution in [3.05, 3.63) is 48.0 Å². The molecule has 0 aliphatic heterocycles. The zero-order valence-corrected chi connectivity index (χ0v) is 19.0. The van der Waals surface area contributed by atoms with Crippen molar-refractivity contribution in [3.8, 4) is 0 Å². The van der Waals surface area contributed by atoms with Gasteiger partial charge in [0.25, 0.3) is 5.95 Å². The molecule has 34 heavy (non-hydrogen) atoms. The van der Waals surface area contributed by atoms with Gasteiger partial charge in [-0.25, -0.2) is 0 Å². The number of anilines is 6. The third-order valence-electron chi connectivity index (χ3n) is 4.85. The molecular weight excluding hydrogens is 436 g/mol. The maximum atomic E-state index is 5.90. The summed E-state index contributed by atoms with van der Waals surface area (Å²) < 4.78 is 0. The molecule has 4 aromatic rings. The molecule has 0 saturated heterocycles. The molecule has 4 rings (SSSR count). The van der Waals surface area contributed by atoms with E-state index in [-0.39, 0.29) is 5.95 Å². The molecule has 0 amide bonds. The lowest BCUT2D eigenvalue weighted by molar-refractivity contribution is 0.809. The van der Waals surface area contributed by atoms with E-state index >= 15 is 0 Å². The van der Waals surface area contributed by atoms with E-state index in [0.29, 0.717) is 49.3 Å². The SMILES string of the molecule is CNc1nc(NCCc2cc[nH]c2)nc(NN(CCc2cc[nH]c2)c2nc(N)nc(NC)n2)n1. The molecule has 4 heterocycles. The minimum atomic E-state index is 0.0986. The Morgan fingerprint density at radius 2 is 1.44 bits per heavy atom. The molecule has 0 spiro atoms. The number of aromatic amines is 2. The van der Waals surface area contributed by atoms with Crippen molar-refractivity contribution in [1.82, 2.24) is 39.9 Å². The van der Waals surface area contributed by atoms with Gasteiger partial charge >= 0.3 is 0 Å². The minimum Gasteiger partial charge on any atom is -0.368 e. The number of nitrogens with two attached hydrogens (primary N) is 1. The number of aromatic nitrogens is 8. The van der Waals surface area contributed by atoms with Crippen LogP contribution in [0, 0.1) is 0 Å². The Hall–Kier alpha value is -4.62. The third kappa shape index (κ3) is 5.99. The molecule has 8 N–H and O–H groups in total. The number of hydrogen-bond donors (Lipinski definition) is 7. The van der Waals surface area contributed by atoms with E-state index in [4.69, 9.17) is 5.73 Å². The van der Waals surface area contributed by atoms with Gasteiger partial charge in [-0.15, -0.1) is 0 Å². The quantitative estimate of drug-likeness (QED) is 0.148. The second kappa shape index (κ2) is 10.8. The molecule has 4 aromatic heterocycles. The topological polar surface area (TPSA) is 186 Å². The zero-order valence-electron chi connectivity index (χ0n) is 19.0. The Balaban J connectivity index is 1.54. The van der Waals surface area contributed by atoms with Crippen molar-refractivity contribution in [2.75, 3.05) is 59.3 Å². The second-order valence-electron chi connectivity index (χ2n) is 7.25. The van der Waals surface area contributed by atoms with Crippen molar-refractivity contribution in [3.63, 3.8) is 0 Å². The van der Waals surface area contributed by atoms with E-state index in [2.05, 4.69) is 61.2 Å². The molecule has 0 radical (unpaired) electrons. The zero-order chi connectivity index (χ0) is 23.8. The smallest absolute Gasteiger partial charge is 0.251 e. The molecule has 14 heteroatoms. The molecule has 178 valence electrons. The van der Waals surface area contributed by atoms with Gasteiger partial charge in [0.15, 0.2) is 0 Å². The molecule has 0 aliphatic carbocycles. The standard InChI is InChI=1S/C20H28N14/c1-22-16-27-15(21)28-20(32-16)34(10-6-14-4-8-25-12-14)33-19-30-17(23-2)29-18(31-19)26-9-5-13-3-7-24-11-13/h3-4,7-8,11-12,24-25H,5-6,9-10H2,1-2H3,(H3,21,22,27,28,32)(H3,23,26,29,30,31,33). The monoisotopic (exact) mass is 464 g/mol. The van der Waals surface area contributed by atoms with Gasteiger partial charge in [0.1, 0.15) is 0 Å². The summed E-state index contributed by atoms with van der Waals surface area (Å²) >= 11 is 0. The summed E-state index contributed by atoms with van der Waals surface area (Å²) in [6.45, 7) is 1.18. The van der Waals surface area contributed by atoms with Gasteiger partial charge < -0.3 is 31.7 Å². The van der Waals surface area contributed by atoms with Crippen molar-refractivity contribution < 1.29 is 0 Å². The van der Waals surface area contributed by atoms with E-state index in [1.165, 1.54) is 5.56 Å². The van der Waals surface area contributed by atoms with Crippen LogP contribution in [0.1, 0.15) is 11.1 Å². The normalized spacial score (nSPS) is 10.6. The van der Waals surface area contributed by atoms with Crippen LogP contribution in [0.2, 0.25) is 0 Å². The number of rotatable bonds is 12. The highest BCUT2D eigenvalue weighted by molar-refractivity contribution is 5.49. The average Bonchev–Trinajstić information content (AvgIpc) is 3.55. The molecule has 0 atom stereocenters. The molecular formula is C20H28N14. The summed E-state index contributed by atoms with van der Waals surface area (Å²) in [6, 6.07) is 4.04. The van der Waals surface area contributed by atoms with E-state index in [1.807, 2.05) is 36.9 Å². The lowest BCUT2D eigenvalue weighted by Crippen LogP contribution is -2.35. The van der Waals surface area contributed by atoms with Crippen LogP contribution >= 0.6 is 0 Å². The van der Waals surface area contributed by atoms with Crippen LogP contribution in [0.4, 0.5) is 35.7 Å². The van der Waals surface area contributed by atoms with Crippen LogP contribution in [0.15, 0.2) is 36.9 Å². The van der Waals surface area contributed by atoms with Crippen molar-refractivity contribution in [2.24, 2.45) is 0 Å². The highest BCUT2D eigenvalue weighted by atomic mass is 15.6. The van der Waals surface area contributed by atoms with Crippen LogP contribution in [-0.4, -0.2) is 67.1 Å². The Kier molecular flexibility index (Phi) is 7.17. The Morgan fingerprint density at radius 1 is 0.794 bits per heavy atom. The number of hydrazine groups is 1. The van der Waals surface area contributed by atoms with Gasteiger partial charge in [-0.2, -0.15) is 29.9 Å². The van der Waals surface area contributed by atoms with Crippen LogP contribution < -0.4 is 32.1 Å². The van der Waals surface area contributed by atoms with Crippen LogP contribution in [0.5, 0.6) is 0 Å². The van der Waals surface area contributed by atoms with E-state index in [1.54, 1.807) is 19.1 Å². The van der Waals surface area contributed by atoms with Crippen LogP contribution in [-0.2, 0) is 12.8 Å². The molecule has 0 bridgehead atoms. The third-order valence-corrected chi connectivity index (χ3v) is 4.85. The number of H-pyrrole nitrogens is 2. The van der Waals surface area contributed by atoms with Gasteiger partial charge in [0.05, 0.1) is 0 Å². The lowest BCUT2D eigenvalue weighted by Gasteiger charge is -2.23. The van der Waals surface area contributed by atoms with E-state index in [0.717, 1.165) is 12.0 Å². The van der Waals surface area contributed by atoms with Gasteiger partial charge in [-0.1, -0.05) is 0 Å². The van der Waals surface area contributed by atoms with E-state index in [9.17, 15) is 0 Å². The maximum Gasteiger partial charge on any atom is 0.251 e. The van der Waals surface area contributed by atoms with Crippen LogP contribution in [0.3, 0.4) is 0 Å². The summed E-state index contributed by atoms with van der Waals surface area (Å²) in [5.41, 5.74) is 11.4. The summed E-state index contributed by atoms with van der Waals surface area (Å²) in [4.78, 5) is 32.2. The van der Waals surface area contributed by atoms with Crippen LogP contribution in [0.25, 0.3) is 0 Å². The summed E-state index contributed by atoms with van der Waals surface area (Å²) in [7, 11) is 3.46. The Labute approximate surface area is 196 Å². The Morgan fingerprint density at radius 3 is 2.12 bits per heavy atom. The summed E-state index contributed by atoms with van der Waals surface area (Å²) in [5.74, 6) is 1.96. The second-order valence-corrected chi connectivity index (χ2v) is 7.25. The van der Waals surface area contributed by atoms with Gasteiger partial charge in [0.2, 0.25) is 29.7 Å². The first-order valence-electron chi connectivity index (χ1n) is 10.8. The van der Waals surface area contributed by atoms with Crippen molar-refractivity contribution in [2.45, 2.75) is 12.8 Å². The fourth-order valence-corrected chi connectivity index (χ4v) is 3.14. The number of hydrogen-bond acceptors (Lipinski definition) is 12. The fraction of sp³-hybridized carbons (Fsp3) is 0.300. The van der Waals surface area contributed by atoms with E-state index < -0.39 is 0 Å². The number of nitrogens with one attached hydrogen (secondary N) is 6. The molecule has 0 fully saturated rings. The largest absolute Gasteiger partial charge is 0.368 e. The fourth-order valence-electron chi connectivity index (χ4n) is 3.14. The number of nitrogens with zero attached hydrogens (tertiary/aromatic N) is 7. The molecule has 14 nitrogen and oxygen atoms in total. The maximum absolute atomic E-state index is 5.90. The highest BCUT2D eigenvalue weighted by Crippen LogP contribution is 2.16.